The van der Waals surface area contributed by atoms with Crippen LogP contribution in [0, 0.1) is 0 Å². The molecular weight excluding hydrogens is 578 g/mol. The van der Waals surface area contributed by atoms with Crippen LogP contribution in [0.3, 0.4) is 0 Å². The Morgan fingerprint density at radius 2 is 1.71 bits per heavy atom. The van der Waals surface area contributed by atoms with Crippen molar-refractivity contribution in [3.63, 3.8) is 0 Å². The Bertz CT molecular complexity index is 1350. The molecule has 1 aliphatic carbocycles. The average Bonchev–Trinajstić information content (AvgIpc) is 3.41. The molecule has 3 aliphatic rings. The van der Waals surface area contributed by atoms with E-state index < -0.39 is 29.8 Å². The van der Waals surface area contributed by atoms with Crippen molar-refractivity contribution in [3.05, 3.63) is 64.7 Å². The molecule has 3 atom stereocenters. The van der Waals surface area contributed by atoms with Gasteiger partial charge in [0.1, 0.15) is 11.4 Å². The summed E-state index contributed by atoms with van der Waals surface area (Å²) >= 11 is 0. The second kappa shape index (κ2) is 13.8. The van der Waals surface area contributed by atoms with Gasteiger partial charge in [-0.25, -0.2) is 4.79 Å². The van der Waals surface area contributed by atoms with Crippen molar-refractivity contribution in [2.24, 2.45) is 0 Å². The minimum atomic E-state index is -1.06. The van der Waals surface area contributed by atoms with Crippen LogP contribution in [0.4, 0.5) is 4.79 Å². The molecule has 0 radical (unpaired) electrons. The van der Waals surface area contributed by atoms with E-state index >= 15 is 0 Å². The Balaban J connectivity index is 1.25. The van der Waals surface area contributed by atoms with Crippen LogP contribution in [-0.4, -0.2) is 107 Å². The van der Waals surface area contributed by atoms with Gasteiger partial charge in [-0.3, -0.25) is 9.59 Å². The molecule has 2 heterocycles. The second-order valence-corrected chi connectivity index (χ2v) is 13.2. The highest BCUT2D eigenvalue weighted by molar-refractivity contribution is 6.00. The predicted molar refractivity (Wildman–Crippen MR) is 166 cm³/mol. The van der Waals surface area contributed by atoms with Crippen LogP contribution in [0.1, 0.15) is 72.4 Å². The third kappa shape index (κ3) is 7.77. The van der Waals surface area contributed by atoms with Crippen molar-refractivity contribution >= 4 is 17.9 Å². The van der Waals surface area contributed by atoms with Crippen LogP contribution in [0.5, 0.6) is 5.75 Å². The molecule has 2 fully saturated rings. The fourth-order valence-corrected chi connectivity index (χ4v) is 6.53. The minimum absolute atomic E-state index is 0.0177. The lowest BCUT2D eigenvalue weighted by Crippen LogP contribution is -2.60. The summed E-state index contributed by atoms with van der Waals surface area (Å²) in [6.45, 7) is 8.10. The first-order valence-electron chi connectivity index (χ1n) is 15.8. The van der Waals surface area contributed by atoms with E-state index in [1.54, 1.807) is 55.7 Å². The average molecular weight is 624 g/mol. The van der Waals surface area contributed by atoms with Gasteiger partial charge in [0.15, 0.2) is 0 Å². The van der Waals surface area contributed by atoms with Crippen molar-refractivity contribution in [1.29, 1.82) is 0 Å². The van der Waals surface area contributed by atoms with E-state index in [9.17, 15) is 24.6 Å². The molecule has 3 N–H and O–H groups in total. The Hall–Kier alpha value is -3.67. The van der Waals surface area contributed by atoms with Crippen LogP contribution < -0.4 is 10.1 Å². The molecule has 0 aromatic heterocycles. The number of aliphatic hydroxyl groups is 2. The number of piperidine rings is 1. The van der Waals surface area contributed by atoms with E-state index in [2.05, 4.69) is 5.32 Å². The van der Waals surface area contributed by atoms with Crippen molar-refractivity contribution in [2.45, 2.75) is 89.3 Å². The minimum Gasteiger partial charge on any atom is -0.493 e. The standard InChI is InChI=1S/C34H45N3O8/c1-5-44-30-14-23(32(41)37-25-15-27(38)16-26(37)20-43-19-25)10-11-29(30)31(40)35-17-28(39)18-36(33(42)45-34(2,3)4)24-12-21-8-6-7-9-22(21)13-24/h6-11,14,24-28,38-39H,5,12-13,15-20H2,1-4H3,(H,35,40)/t25?,26?,27?,28-/m1/s1. The zero-order valence-electron chi connectivity index (χ0n) is 26.5. The number of benzene rings is 2. The number of nitrogens with zero attached hydrogens (tertiary/aromatic N) is 2. The summed E-state index contributed by atoms with van der Waals surface area (Å²) in [4.78, 5) is 43.4. The Labute approximate surface area is 264 Å². The van der Waals surface area contributed by atoms with Crippen molar-refractivity contribution in [1.82, 2.24) is 15.1 Å². The van der Waals surface area contributed by atoms with Crippen molar-refractivity contribution < 1.29 is 38.8 Å². The topological polar surface area (TPSA) is 138 Å². The molecule has 45 heavy (non-hydrogen) atoms. The fraction of sp³-hybridized carbons (Fsp3) is 0.559. The molecule has 244 valence electrons. The Morgan fingerprint density at radius 1 is 1.07 bits per heavy atom. The van der Waals surface area contributed by atoms with Gasteiger partial charge < -0.3 is 39.5 Å². The lowest BCUT2D eigenvalue weighted by molar-refractivity contribution is -0.0871. The Kier molecular flexibility index (Phi) is 10.0. The first kappa shape index (κ1) is 32.7. The summed E-state index contributed by atoms with van der Waals surface area (Å²) in [5.74, 6) is -0.410. The quantitative estimate of drug-likeness (QED) is 0.388. The molecule has 3 amide bonds. The van der Waals surface area contributed by atoms with Crippen LogP contribution in [0.15, 0.2) is 42.5 Å². The smallest absolute Gasteiger partial charge is 0.410 e. The molecule has 2 saturated heterocycles. The van der Waals surface area contributed by atoms with Gasteiger partial charge in [-0.05, 0) is 82.7 Å². The number of aliphatic hydroxyl groups excluding tert-OH is 2. The van der Waals surface area contributed by atoms with Crippen LogP contribution in [0.2, 0.25) is 0 Å². The number of ether oxygens (including phenoxy) is 3. The maximum Gasteiger partial charge on any atom is 0.410 e. The largest absolute Gasteiger partial charge is 0.493 e. The van der Waals surface area contributed by atoms with Crippen molar-refractivity contribution in [2.75, 3.05) is 32.9 Å². The third-order valence-corrected chi connectivity index (χ3v) is 8.51. The number of hydrogen-bond donors (Lipinski definition) is 3. The zero-order valence-corrected chi connectivity index (χ0v) is 26.5. The molecule has 2 aliphatic heterocycles. The first-order valence-corrected chi connectivity index (χ1v) is 15.8. The molecule has 2 aromatic carbocycles. The number of nitrogens with one attached hydrogen (secondary N) is 1. The van der Waals surface area contributed by atoms with Gasteiger partial charge in [-0.2, -0.15) is 0 Å². The van der Waals surface area contributed by atoms with Crippen LogP contribution >= 0.6 is 0 Å². The highest BCUT2D eigenvalue weighted by Crippen LogP contribution is 2.31. The number of carbonyl (C=O) groups is 3. The van der Waals surface area contributed by atoms with Gasteiger partial charge in [-0.15, -0.1) is 0 Å². The first-order chi connectivity index (χ1) is 21.4. The molecule has 2 bridgehead atoms. The predicted octanol–water partition coefficient (Wildman–Crippen LogP) is 2.94. The Morgan fingerprint density at radius 3 is 2.31 bits per heavy atom. The molecule has 0 saturated carbocycles. The number of carbonyl (C=O) groups excluding carboxylic acids is 3. The summed E-state index contributed by atoms with van der Waals surface area (Å²) in [6.07, 6.45) is 0.207. The van der Waals surface area contributed by atoms with E-state index in [0.29, 0.717) is 44.5 Å². The van der Waals surface area contributed by atoms with Crippen LogP contribution in [0.25, 0.3) is 0 Å². The summed E-state index contributed by atoms with van der Waals surface area (Å²) in [5.41, 5.74) is 2.24. The summed E-state index contributed by atoms with van der Waals surface area (Å²) < 4.78 is 17.1. The number of amides is 3. The number of morpholine rings is 1. The lowest BCUT2D eigenvalue weighted by atomic mass is 9.91. The number of fused-ring (bicyclic) bond motifs is 3. The third-order valence-electron chi connectivity index (χ3n) is 8.51. The molecule has 0 spiro atoms. The SMILES string of the molecule is CCOc1cc(C(=O)N2C3COCC2CC(O)C3)ccc1C(=O)NC[C@@H](O)CN(C(=O)OC(C)(C)C)C1Cc2ccccc2C1. The lowest BCUT2D eigenvalue weighted by Gasteiger charge is -2.47. The van der Waals surface area contributed by atoms with E-state index in [1.807, 2.05) is 24.3 Å². The molecule has 2 unspecified atom stereocenters. The summed E-state index contributed by atoms with van der Waals surface area (Å²) in [7, 11) is 0. The van der Waals surface area contributed by atoms with Gasteiger partial charge in [0.2, 0.25) is 0 Å². The molecule has 11 heteroatoms. The summed E-state index contributed by atoms with van der Waals surface area (Å²) in [5, 5.41) is 24.0. The maximum absolute atomic E-state index is 13.6. The van der Waals surface area contributed by atoms with Crippen LogP contribution in [-0.2, 0) is 22.3 Å². The molecule has 11 nitrogen and oxygen atoms in total. The molecular formula is C34H45N3O8. The van der Waals surface area contributed by atoms with E-state index in [0.717, 1.165) is 0 Å². The van der Waals surface area contributed by atoms with Crippen molar-refractivity contribution in [3.8, 4) is 5.75 Å². The second-order valence-electron chi connectivity index (χ2n) is 13.2. The normalized spacial score (nSPS) is 21.9. The van der Waals surface area contributed by atoms with E-state index in [4.69, 9.17) is 14.2 Å². The number of hydrogen-bond acceptors (Lipinski definition) is 8. The fourth-order valence-electron chi connectivity index (χ4n) is 6.53. The number of rotatable bonds is 9. The highest BCUT2D eigenvalue weighted by atomic mass is 16.6. The van der Waals surface area contributed by atoms with Gasteiger partial charge >= 0.3 is 6.09 Å². The highest BCUT2D eigenvalue weighted by Gasteiger charge is 2.41. The van der Waals surface area contributed by atoms with Gasteiger partial charge in [0, 0.05) is 18.2 Å². The van der Waals surface area contributed by atoms with Gasteiger partial charge in [0.25, 0.3) is 11.8 Å². The molecule has 2 aromatic rings. The zero-order chi connectivity index (χ0) is 32.3. The molecule has 5 rings (SSSR count). The van der Waals surface area contributed by atoms with Gasteiger partial charge in [0.05, 0.1) is 56.2 Å². The summed E-state index contributed by atoms with van der Waals surface area (Å²) in [6, 6.07) is 12.2. The van der Waals surface area contributed by atoms with Gasteiger partial charge in [-0.1, -0.05) is 24.3 Å². The van der Waals surface area contributed by atoms with E-state index in [-0.39, 0.29) is 55.0 Å². The monoisotopic (exact) mass is 623 g/mol. The maximum atomic E-state index is 13.6. The van der Waals surface area contributed by atoms with E-state index in [1.165, 1.54) is 11.1 Å².